The second-order valence-corrected chi connectivity index (χ2v) is 7.03. The van der Waals surface area contributed by atoms with Crippen molar-refractivity contribution in [2.75, 3.05) is 6.26 Å². The van der Waals surface area contributed by atoms with Crippen LogP contribution in [0.2, 0.25) is 5.02 Å². The molecule has 2 unspecified atom stereocenters. The average molecular weight is 317 g/mol. The molecule has 5 nitrogen and oxygen atoms in total. The van der Waals surface area contributed by atoms with Gasteiger partial charge >= 0.3 is 0 Å². The van der Waals surface area contributed by atoms with Crippen LogP contribution in [0.15, 0.2) is 23.2 Å². The first kappa shape index (κ1) is 15.0. The Hall–Kier alpha value is -1.44. The number of nitrogens with one attached hydrogen (secondary N) is 2. The number of H-pyrrole nitrogens is 1. The minimum absolute atomic E-state index is 0.0266. The minimum atomic E-state index is -2.93. The van der Waals surface area contributed by atoms with Crippen LogP contribution in [-0.4, -0.2) is 20.4 Å². The first-order chi connectivity index (χ1) is 9.20. The van der Waals surface area contributed by atoms with Crippen LogP contribution in [0.1, 0.15) is 23.1 Å². The SMILES string of the molecule is Cc1[nH]c(C(N)c2ccc(F)c(Cl)c2)nc1S(C)(=N)=O. The fourth-order valence-corrected chi connectivity index (χ4v) is 2.95. The predicted octanol–water partition coefficient (Wildman–Crippen LogP) is 2.59. The molecule has 0 saturated heterocycles. The Labute approximate surface area is 121 Å². The van der Waals surface area contributed by atoms with E-state index in [1.54, 1.807) is 6.92 Å². The second kappa shape index (κ2) is 5.16. The first-order valence-corrected chi connectivity index (χ1v) is 8.05. The van der Waals surface area contributed by atoms with Crippen molar-refractivity contribution in [1.82, 2.24) is 9.97 Å². The Balaban J connectivity index is 2.43. The molecule has 2 aromatic rings. The molecule has 0 aliphatic rings. The fourth-order valence-electron chi connectivity index (χ4n) is 1.86. The Kier molecular flexibility index (Phi) is 3.86. The molecule has 108 valence electrons. The lowest BCUT2D eigenvalue weighted by Gasteiger charge is -2.09. The van der Waals surface area contributed by atoms with Gasteiger partial charge in [0, 0.05) is 11.9 Å². The van der Waals surface area contributed by atoms with Crippen molar-refractivity contribution in [3.05, 3.63) is 46.1 Å². The topological polar surface area (TPSA) is 95.6 Å². The third-order valence-electron chi connectivity index (χ3n) is 2.82. The van der Waals surface area contributed by atoms with Crippen LogP contribution in [0.25, 0.3) is 0 Å². The van der Waals surface area contributed by atoms with E-state index in [1.165, 1.54) is 24.5 Å². The van der Waals surface area contributed by atoms with Crippen LogP contribution in [-0.2, 0) is 9.73 Å². The molecule has 4 N–H and O–H groups in total. The molecule has 0 bridgehead atoms. The molecule has 1 aromatic carbocycles. The maximum absolute atomic E-state index is 13.1. The number of nitrogens with zero attached hydrogens (tertiary/aromatic N) is 1. The lowest BCUT2D eigenvalue weighted by molar-refractivity contribution is 0.626. The zero-order valence-electron chi connectivity index (χ0n) is 10.9. The van der Waals surface area contributed by atoms with Gasteiger partial charge in [-0.15, -0.1) is 0 Å². The van der Waals surface area contributed by atoms with E-state index in [0.29, 0.717) is 17.1 Å². The molecule has 1 aromatic heterocycles. The Bertz CT molecular complexity index is 757. The number of aryl methyl sites for hydroxylation is 1. The molecule has 2 rings (SSSR count). The number of aromatic amines is 1. The van der Waals surface area contributed by atoms with Gasteiger partial charge in [-0.1, -0.05) is 17.7 Å². The van der Waals surface area contributed by atoms with Gasteiger partial charge in [-0.2, -0.15) is 0 Å². The number of aromatic nitrogens is 2. The summed E-state index contributed by atoms with van der Waals surface area (Å²) in [6.07, 6.45) is 1.29. The maximum Gasteiger partial charge on any atom is 0.156 e. The molecule has 8 heteroatoms. The van der Waals surface area contributed by atoms with E-state index in [0.717, 1.165) is 0 Å². The summed E-state index contributed by atoms with van der Waals surface area (Å²) < 4.78 is 32.5. The molecule has 0 amide bonds. The second-order valence-electron chi connectivity index (χ2n) is 4.55. The van der Waals surface area contributed by atoms with Crippen LogP contribution in [0.4, 0.5) is 4.39 Å². The molecule has 20 heavy (non-hydrogen) atoms. The normalized spacial score (nSPS) is 15.8. The lowest BCUT2D eigenvalue weighted by atomic mass is 10.1. The third kappa shape index (κ3) is 2.84. The molecule has 2 atom stereocenters. The summed E-state index contributed by atoms with van der Waals surface area (Å²) in [5.41, 5.74) is 7.14. The van der Waals surface area contributed by atoms with Crippen LogP contribution in [0.5, 0.6) is 0 Å². The molecule has 0 saturated carbocycles. The summed E-state index contributed by atoms with van der Waals surface area (Å²) in [5.74, 6) is -0.163. The van der Waals surface area contributed by atoms with Crippen LogP contribution in [0.3, 0.4) is 0 Å². The summed E-state index contributed by atoms with van der Waals surface area (Å²) in [4.78, 5) is 7.04. The van der Waals surface area contributed by atoms with Crippen molar-refractivity contribution in [1.29, 1.82) is 4.78 Å². The van der Waals surface area contributed by atoms with Crippen molar-refractivity contribution < 1.29 is 8.60 Å². The number of rotatable bonds is 3. The summed E-state index contributed by atoms with van der Waals surface area (Å²) >= 11 is 5.72. The molecule has 0 aliphatic carbocycles. The summed E-state index contributed by atoms with van der Waals surface area (Å²) in [5, 5.41) is 0.150. The monoisotopic (exact) mass is 316 g/mol. The van der Waals surface area contributed by atoms with E-state index < -0.39 is 21.6 Å². The number of nitrogens with two attached hydrogens (primary N) is 1. The van der Waals surface area contributed by atoms with Crippen molar-refractivity contribution in [2.45, 2.75) is 18.0 Å². The van der Waals surface area contributed by atoms with Gasteiger partial charge in [-0.25, -0.2) is 18.4 Å². The maximum atomic E-state index is 13.1. The van der Waals surface area contributed by atoms with E-state index in [1.807, 2.05) is 0 Å². The highest BCUT2D eigenvalue weighted by Gasteiger charge is 2.19. The molecule has 0 fully saturated rings. The number of hydrogen-bond acceptors (Lipinski definition) is 4. The number of halogens is 2. The summed E-state index contributed by atoms with van der Waals surface area (Å²) in [7, 11) is -2.93. The minimum Gasteiger partial charge on any atom is -0.343 e. The van der Waals surface area contributed by atoms with Gasteiger partial charge in [0.2, 0.25) is 0 Å². The van der Waals surface area contributed by atoms with Gasteiger partial charge in [0.1, 0.15) is 11.6 Å². The molecule has 0 aliphatic heterocycles. The van der Waals surface area contributed by atoms with E-state index in [-0.39, 0.29) is 10.0 Å². The van der Waals surface area contributed by atoms with Crippen molar-refractivity contribution >= 4 is 21.3 Å². The van der Waals surface area contributed by atoms with Gasteiger partial charge in [0.15, 0.2) is 5.03 Å². The van der Waals surface area contributed by atoms with Gasteiger partial charge in [0.25, 0.3) is 0 Å². The van der Waals surface area contributed by atoms with E-state index >= 15 is 0 Å². The Morgan fingerprint density at radius 3 is 2.70 bits per heavy atom. The zero-order chi connectivity index (χ0) is 15.1. The zero-order valence-corrected chi connectivity index (χ0v) is 12.5. The third-order valence-corrected chi connectivity index (χ3v) is 4.25. The van der Waals surface area contributed by atoms with Crippen LogP contribution >= 0.6 is 11.6 Å². The van der Waals surface area contributed by atoms with Crippen molar-refractivity contribution in [3.8, 4) is 0 Å². The van der Waals surface area contributed by atoms with Gasteiger partial charge < -0.3 is 10.7 Å². The smallest absolute Gasteiger partial charge is 0.156 e. The highest BCUT2D eigenvalue weighted by molar-refractivity contribution is 7.91. The fraction of sp³-hybridized carbons (Fsp3) is 0.250. The average Bonchev–Trinajstić information content (AvgIpc) is 2.74. The van der Waals surface area contributed by atoms with Crippen LogP contribution < -0.4 is 5.73 Å². The van der Waals surface area contributed by atoms with Gasteiger partial charge in [0.05, 0.1) is 20.8 Å². The van der Waals surface area contributed by atoms with E-state index in [2.05, 4.69) is 9.97 Å². The highest BCUT2D eigenvalue weighted by atomic mass is 35.5. The molecule has 1 heterocycles. The van der Waals surface area contributed by atoms with E-state index in [9.17, 15) is 8.60 Å². The largest absolute Gasteiger partial charge is 0.343 e. The molecule has 0 radical (unpaired) electrons. The Morgan fingerprint density at radius 1 is 1.55 bits per heavy atom. The predicted molar refractivity (Wildman–Crippen MR) is 75.8 cm³/mol. The molecule has 0 spiro atoms. The first-order valence-electron chi connectivity index (χ1n) is 5.71. The highest BCUT2D eigenvalue weighted by Crippen LogP contribution is 2.24. The van der Waals surface area contributed by atoms with Crippen molar-refractivity contribution in [2.24, 2.45) is 5.73 Å². The standard InChI is InChI=1S/C12H14ClFN4OS/c1-6-12(20(2,16)19)18-11(17-6)10(15)7-3-4-9(14)8(13)5-7/h3-5,10,16H,15H2,1-2H3,(H,17,18). The molecular weight excluding hydrogens is 303 g/mol. The van der Waals surface area contributed by atoms with Gasteiger partial charge in [-0.05, 0) is 24.6 Å². The number of imidazole rings is 1. The summed E-state index contributed by atoms with van der Waals surface area (Å²) in [6.45, 7) is 1.67. The number of benzene rings is 1. The summed E-state index contributed by atoms with van der Waals surface area (Å²) in [6, 6.07) is 3.49. The quantitative estimate of drug-likeness (QED) is 0.812. The lowest BCUT2D eigenvalue weighted by Crippen LogP contribution is -2.14. The van der Waals surface area contributed by atoms with Gasteiger partial charge in [-0.3, -0.25) is 0 Å². The Morgan fingerprint density at radius 2 is 2.20 bits per heavy atom. The van der Waals surface area contributed by atoms with Crippen molar-refractivity contribution in [3.63, 3.8) is 0 Å². The van der Waals surface area contributed by atoms with Crippen LogP contribution in [0, 0.1) is 17.5 Å². The van der Waals surface area contributed by atoms with E-state index in [4.69, 9.17) is 22.1 Å². The molecular formula is C12H14ClFN4OS. The number of hydrogen-bond donors (Lipinski definition) is 3.